The molecule has 0 aliphatic rings. The third kappa shape index (κ3) is 14.6. The average molecular weight is 355 g/mol. The summed E-state index contributed by atoms with van der Waals surface area (Å²) in [5.74, 6) is 0.799. The van der Waals surface area contributed by atoms with Gasteiger partial charge >= 0.3 is 0 Å². The summed E-state index contributed by atoms with van der Waals surface area (Å²) in [4.78, 5) is 0. The van der Waals surface area contributed by atoms with E-state index in [1.54, 1.807) is 0 Å². The molecule has 0 N–H and O–H groups in total. The van der Waals surface area contributed by atoms with Crippen molar-refractivity contribution in [2.75, 3.05) is 16.8 Å². The van der Waals surface area contributed by atoms with Crippen molar-refractivity contribution >= 4 is 25.8 Å². The van der Waals surface area contributed by atoms with Crippen molar-refractivity contribution in [3.05, 3.63) is 0 Å². The fourth-order valence-corrected chi connectivity index (χ4v) is 4.04. The molecule has 0 spiro atoms. The Labute approximate surface area is 128 Å². The van der Waals surface area contributed by atoms with Gasteiger partial charge in [0.25, 0.3) is 0 Å². The number of alkyl halides is 1. The molecule has 0 saturated carbocycles. The Morgan fingerprint density at radius 1 is 0.684 bits per heavy atom. The van der Waals surface area contributed by atoms with Crippen LogP contribution in [0.3, 0.4) is 0 Å². The zero-order chi connectivity index (χ0) is 14.4. The van der Waals surface area contributed by atoms with Crippen LogP contribution in [0.15, 0.2) is 0 Å². The minimum atomic E-state index is -2.76. The van der Waals surface area contributed by atoms with Gasteiger partial charge in [0.1, 0.15) is 9.84 Å². The molecule has 0 atom stereocenters. The van der Waals surface area contributed by atoms with Crippen LogP contribution in [0.5, 0.6) is 0 Å². The van der Waals surface area contributed by atoms with E-state index in [2.05, 4.69) is 22.9 Å². The monoisotopic (exact) mass is 354 g/mol. The maximum atomic E-state index is 11.7. The van der Waals surface area contributed by atoms with Crippen molar-refractivity contribution < 1.29 is 8.42 Å². The molecule has 0 unspecified atom stereocenters. The number of sulfone groups is 1. The Hall–Kier alpha value is 0.430. The normalized spacial score (nSPS) is 11.9. The summed E-state index contributed by atoms with van der Waals surface area (Å²) in [6.07, 6.45) is 12.6. The van der Waals surface area contributed by atoms with Gasteiger partial charge in [0.15, 0.2) is 0 Å². The molecule has 0 aromatic carbocycles. The zero-order valence-electron chi connectivity index (χ0n) is 12.5. The Morgan fingerprint density at radius 3 is 1.58 bits per heavy atom. The Morgan fingerprint density at radius 2 is 1.11 bits per heavy atom. The summed E-state index contributed by atoms with van der Waals surface area (Å²) in [5, 5.41) is 1.11. The van der Waals surface area contributed by atoms with Gasteiger partial charge in [-0.25, -0.2) is 8.42 Å². The molecule has 4 heteroatoms. The summed E-state index contributed by atoms with van der Waals surface area (Å²) in [5.41, 5.74) is 0. The Balaban J connectivity index is 3.33. The van der Waals surface area contributed by atoms with E-state index in [0.29, 0.717) is 11.5 Å². The summed E-state index contributed by atoms with van der Waals surface area (Å²) in [6.45, 7) is 2.10. The highest BCUT2D eigenvalue weighted by atomic mass is 79.9. The van der Waals surface area contributed by atoms with E-state index < -0.39 is 9.84 Å². The van der Waals surface area contributed by atoms with Crippen LogP contribution in [0.25, 0.3) is 0 Å². The average Bonchev–Trinajstić information content (AvgIpc) is 2.37. The molecule has 0 aromatic heterocycles. The Kier molecular flexibility index (Phi) is 13.7. The summed E-state index contributed by atoms with van der Waals surface area (Å²) < 4.78 is 23.4. The summed E-state index contributed by atoms with van der Waals surface area (Å²) in [6, 6.07) is 0. The van der Waals surface area contributed by atoms with Crippen LogP contribution >= 0.6 is 15.9 Å². The van der Waals surface area contributed by atoms with Gasteiger partial charge in [-0.3, -0.25) is 0 Å². The molecule has 0 aliphatic carbocycles. The number of rotatable bonds is 14. The smallest absolute Gasteiger partial charge is 0.150 e. The van der Waals surface area contributed by atoms with E-state index in [9.17, 15) is 8.42 Å². The second kappa shape index (κ2) is 13.4. The lowest BCUT2D eigenvalue weighted by atomic mass is 10.1. The minimum absolute atomic E-state index is 0.396. The van der Waals surface area contributed by atoms with Crippen molar-refractivity contribution in [1.82, 2.24) is 0 Å². The van der Waals surface area contributed by atoms with Crippen molar-refractivity contribution in [1.29, 1.82) is 0 Å². The molecule has 19 heavy (non-hydrogen) atoms. The van der Waals surface area contributed by atoms with Crippen molar-refractivity contribution in [3.63, 3.8) is 0 Å². The first-order valence-corrected chi connectivity index (χ1v) is 10.8. The van der Waals surface area contributed by atoms with Crippen molar-refractivity contribution in [2.24, 2.45) is 0 Å². The van der Waals surface area contributed by atoms with Gasteiger partial charge in [-0.15, -0.1) is 0 Å². The zero-order valence-corrected chi connectivity index (χ0v) is 14.9. The molecule has 2 nitrogen and oxygen atoms in total. The molecule has 0 aromatic rings. The second-order valence-corrected chi connectivity index (χ2v) is 8.47. The van der Waals surface area contributed by atoms with Gasteiger partial charge in [0, 0.05) is 5.33 Å². The summed E-state index contributed by atoms with van der Waals surface area (Å²) >= 11 is 3.44. The standard InChI is InChI=1S/C15H31BrO2S/c1-2-3-11-14-19(17,18)15-12-9-7-5-4-6-8-10-13-16/h2-15H2,1H3. The van der Waals surface area contributed by atoms with E-state index in [1.807, 2.05) is 0 Å². The molecular formula is C15H31BrO2S. The molecular weight excluding hydrogens is 324 g/mol. The number of hydrogen-bond acceptors (Lipinski definition) is 2. The van der Waals surface area contributed by atoms with E-state index in [0.717, 1.165) is 37.4 Å². The maximum Gasteiger partial charge on any atom is 0.150 e. The molecule has 0 fully saturated rings. The van der Waals surface area contributed by atoms with Crippen LogP contribution in [-0.2, 0) is 9.84 Å². The molecule has 116 valence electrons. The predicted molar refractivity (Wildman–Crippen MR) is 88.9 cm³/mol. The lowest BCUT2D eigenvalue weighted by Crippen LogP contribution is -2.11. The molecule has 0 heterocycles. The van der Waals surface area contributed by atoms with Crippen LogP contribution in [-0.4, -0.2) is 25.3 Å². The van der Waals surface area contributed by atoms with Crippen LogP contribution in [0.1, 0.15) is 77.6 Å². The molecule has 0 saturated heterocycles. The molecule has 0 bridgehead atoms. The number of unbranched alkanes of at least 4 members (excludes halogenated alkanes) is 9. The van der Waals surface area contributed by atoms with E-state index in [1.165, 1.54) is 38.5 Å². The van der Waals surface area contributed by atoms with Crippen LogP contribution < -0.4 is 0 Å². The third-order valence-electron chi connectivity index (χ3n) is 3.40. The van der Waals surface area contributed by atoms with Crippen LogP contribution in [0.4, 0.5) is 0 Å². The first-order chi connectivity index (χ1) is 9.12. The first kappa shape index (κ1) is 19.4. The number of halogens is 1. The fraction of sp³-hybridized carbons (Fsp3) is 1.00. The predicted octanol–water partition coefficient (Wildman–Crippen LogP) is 5.11. The topological polar surface area (TPSA) is 34.1 Å². The molecule has 0 amide bonds. The van der Waals surface area contributed by atoms with Gasteiger partial charge in [0.05, 0.1) is 11.5 Å². The lowest BCUT2D eigenvalue weighted by molar-refractivity contribution is 0.571. The minimum Gasteiger partial charge on any atom is -0.229 e. The highest BCUT2D eigenvalue weighted by molar-refractivity contribution is 9.09. The highest BCUT2D eigenvalue weighted by Crippen LogP contribution is 2.10. The van der Waals surface area contributed by atoms with Crippen molar-refractivity contribution in [2.45, 2.75) is 77.6 Å². The van der Waals surface area contributed by atoms with Gasteiger partial charge in [-0.05, 0) is 19.3 Å². The van der Waals surface area contributed by atoms with Crippen LogP contribution in [0.2, 0.25) is 0 Å². The van der Waals surface area contributed by atoms with Crippen LogP contribution in [0, 0.1) is 0 Å². The Bertz CT molecular complexity index is 276. The largest absolute Gasteiger partial charge is 0.229 e. The van der Waals surface area contributed by atoms with E-state index in [4.69, 9.17) is 0 Å². The summed E-state index contributed by atoms with van der Waals surface area (Å²) in [7, 11) is -2.76. The first-order valence-electron chi connectivity index (χ1n) is 7.89. The maximum absolute atomic E-state index is 11.7. The van der Waals surface area contributed by atoms with Gasteiger partial charge in [-0.2, -0.15) is 0 Å². The molecule has 0 rings (SSSR count). The molecule has 0 radical (unpaired) electrons. The number of hydrogen-bond donors (Lipinski definition) is 0. The second-order valence-electron chi connectivity index (χ2n) is 5.38. The van der Waals surface area contributed by atoms with Gasteiger partial charge in [0.2, 0.25) is 0 Å². The fourth-order valence-electron chi connectivity index (χ4n) is 2.15. The van der Waals surface area contributed by atoms with E-state index in [-0.39, 0.29) is 0 Å². The van der Waals surface area contributed by atoms with Crippen molar-refractivity contribution in [3.8, 4) is 0 Å². The van der Waals surface area contributed by atoms with E-state index >= 15 is 0 Å². The third-order valence-corrected chi connectivity index (χ3v) is 5.78. The quantitative estimate of drug-likeness (QED) is 0.321. The SMILES string of the molecule is CCCCCS(=O)(=O)CCCCCCCCCCBr. The van der Waals surface area contributed by atoms with Gasteiger partial charge in [-0.1, -0.05) is 74.2 Å². The van der Waals surface area contributed by atoms with Gasteiger partial charge < -0.3 is 0 Å². The lowest BCUT2D eigenvalue weighted by Gasteiger charge is -2.04. The molecule has 0 aliphatic heterocycles. The highest BCUT2D eigenvalue weighted by Gasteiger charge is 2.09.